The second-order valence-corrected chi connectivity index (χ2v) is 12.7. The lowest BCUT2D eigenvalue weighted by Crippen LogP contribution is -2.53. The number of carbonyl (C=O) groups is 2. The molecule has 4 aromatic carbocycles. The fourth-order valence-corrected chi connectivity index (χ4v) is 6.59. The Kier molecular flexibility index (Phi) is 10.8. The van der Waals surface area contributed by atoms with Crippen LogP contribution in [-0.2, 0) is 38.8 Å². The number of anilines is 1. The van der Waals surface area contributed by atoms with E-state index in [-0.39, 0.29) is 22.9 Å². The maximum absolute atomic E-state index is 14.3. The van der Waals surface area contributed by atoms with Gasteiger partial charge in [0, 0.05) is 25.0 Å². The number of hydrogen-bond donors (Lipinski definition) is 1. The number of benzene rings is 4. The predicted octanol–water partition coefficient (Wildman–Crippen LogP) is 6.59. The Morgan fingerprint density at radius 1 is 0.844 bits per heavy atom. The van der Waals surface area contributed by atoms with Gasteiger partial charge in [-0.3, -0.25) is 13.9 Å². The Labute approximate surface area is 269 Å². The molecular weight excluding hydrogens is 650 g/mol. The summed E-state index contributed by atoms with van der Waals surface area (Å²) in [5.41, 5.74) is -0.464. The van der Waals surface area contributed by atoms with Crippen molar-refractivity contribution in [2.75, 3.05) is 17.9 Å². The van der Waals surface area contributed by atoms with Crippen LogP contribution in [0.3, 0.4) is 0 Å². The van der Waals surface area contributed by atoms with Gasteiger partial charge in [0.2, 0.25) is 11.8 Å². The standard InChI is InChI=1S/C32H28Cl2F3N3O4S/c1-38-31(42)29(18-22-9-4-2-5-10-22)39(20-23-11-8-12-25(33)17-23)30(41)21-40(45(43,44)26-13-6-3-7-14-26)28-19-24(32(35,36)37)15-16-27(28)34/h2-17,19,29H,18,20-21H2,1H3,(H,38,42). The molecule has 0 aliphatic rings. The predicted molar refractivity (Wildman–Crippen MR) is 167 cm³/mol. The first-order valence-electron chi connectivity index (χ1n) is 13.5. The number of carbonyl (C=O) groups excluding carboxylic acids is 2. The third-order valence-electron chi connectivity index (χ3n) is 6.91. The molecule has 7 nitrogen and oxygen atoms in total. The molecule has 45 heavy (non-hydrogen) atoms. The second kappa shape index (κ2) is 14.4. The highest BCUT2D eigenvalue weighted by atomic mass is 35.5. The van der Waals surface area contributed by atoms with Crippen LogP contribution in [0.2, 0.25) is 10.0 Å². The first-order valence-corrected chi connectivity index (χ1v) is 15.7. The van der Waals surface area contributed by atoms with E-state index in [1.54, 1.807) is 60.7 Å². The first-order chi connectivity index (χ1) is 21.3. The average Bonchev–Trinajstić information content (AvgIpc) is 3.01. The van der Waals surface area contributed by atoms with Crippen LogP contribution in [0.15, 0.2) is 108 Å². The van der Waals surface area contributed by atoms with Gasteiger partial charge in [-0.05, 0) is 53.6 Å². The van der Waals surface area contributed by atoms with E-state index in [0.29, 0.717) is 32.6 Å². The van der Waals surface area contributed by atoms with E-state index < -0.39 is 51.9 Å². The van der Waals surface area contributed by atoms with Crippen LogP contribution in [0, 0.1) is 0 Å². The van der Waals surface area contributed by atoms with Gasteiger partial charge in [-0.1, -0.05) is 83.9 Å². The Hall–Kier alpha value is -4.06. The van der Waals surface area contributed by atoms with Gasteiger partial charge < -0.3 is 10.2 Å². The average molecular weight is 679 g/mol. The highest BCUT2D eigenvalue weighted by molar-refractivity contribution is 7.92. The van der Waals surface area contributed by atoms with Crippen LogP contribution in [-0.4, -0.2) is 44.8 Å². The van der Waals surface area contributed by atoms with E-state index >= 15 is 0 Å². The SMILES string of the molecule is CNC(=O)C(Cc1ccccc1)N(Cc1cccc(Cl)c1)C(=O)CN(c1cc(C(F)(F)F)ccc1Cl)S(=O)(=O)c1ccccc1. The van der Waals surface area contributed by atoms with Gasteiger partial charge in [-0.15, -0.1) is 0 Å². The van der Waals surface area contributed by atoms with Crippen molar-refractivity contribution in [3.05, 3.63) is 130 Å². The summed E-state index contributed by atoms with van der Waals surface area (Å²) in [6.07, 6.45) is -4.77. The van der Waals surface area contributed by atoms with Crippen LogP contribution >= 0.6 is 23.2 Å². The number of halogens is 5. The number of likely N-dealkylation sites (N-methyl/N-ethyl adjacent to an activating group) is 1. The Balaban J connectivity index is 1.85. The Morgan fingerprint density at radius 2 is 1.47 bits per heavy atom. The van der Waals surface area contributed by atoms with E-state index in [9.17, 15) is 31.2 Å². The van der Waals surface area contributed by atoms with Gasteiger partial charge in [0.15, 0.2) is 0 Å². The lowest BCUT2D eigenvalue weighted by atomic mass is 10.0. The van der Waals surface area contributed by atoms with E-state index in [2.05, 4.69) is 5.32 Å². The largest absolute Gasteiger partial charge is 0.416 e. The Morgan fingerprint density at radius 3 is 2.07 bits per heavy atom. The molecule has 0 spiro atoms. The quantitative estimate of drug-likeness (QED) is 0.194. The normalized spacial score (nSPS) is 12.3. The lowest BCUT2D eigenvalue weighted by Gasteiger charge is -2.34. The fraction of sp³-hybridized carbons (Fsp3) is 0.188. The van der Waals surface area contributed by atoms with E-state index in [4.69, 9.17) is 23.2 Å². The van der Waals surface area contributed by atoms with Gasteiger partial charge in [0.05, 0.1) is 21.2 Å². The van der Waals surface area contributed by atoms with E-state index in [0.717, 1.165) is 6.07 Å². The molecule has 1 unspecified atom stereocenters. The monoisotopic (exact) mass is 677 g/mol. The van der Waals surface area contributed by atoms with Gasteiger partial charge >= 0.3 is 6.18 Å². The maximum atomic E-state index is 14.3. The van der Waals surface area contributed by atoms with E-state index in [1.807, 2.05) is 0 Å². The summed E-state index contributed by atoms with van der Waals surface area (Å²) in [7, 11) is -3.25. The number of hydrogen-bond acceptors (Lipinski definition) is 4. The summed E-state index contributed by atoms with van der Waals surface area (Å²) in [6, 6.07) is 23.4. The number of rotatable bonds is 11. The molecule has 0 saturated heterocycles. The molecule has 0 aromatic heterocycles. The van der Waals surface area contributed by atoms with Gasteiger partial charge in [-0.25, -0.2) is 8.42 Å². The molecular formula is C32H28Cl2F3N3O4S. The van der Waals surface area contributed by atoms with Gasteiger partial charge in [-0.2, -0.15) is 13.2 Å². The molecule has 1 N–H and O–H groups in total. The summed E-state index contributed by atoms with van der Waals surface area (Å²) in [6.45, 7) is -1.14. The van der Waals surface area contributed by atoms with Crippen molar-refractivity contribution < 1.29 is 31.2 Å². The van der Waals surface area contributed by atoms with Crippen LogP contribution in [0.4, 0.5) is 18.9 Å². The van der Waals surface area contributed by atoms with E-state index in [1.165, 1.54) is 36.2 Å². The van der Waals surface area contributed by atoms with Crippen molar-refractivity contribution in [3.8, 4) is 0 Å². The molecule has 0 radical (unpaired) electrons. The summed E-state index contributed by atoms with van der Waals surface area (Å²) in [5.74, 6) is -1.41. The summed E-state index contributed by atoms with van der Waals surface area (Å²) >= 11 is 12.5. The van der Waals surface area contributed by atoms with Gasteiger partial charge in [0.25, 0.3) is 10.0 Å². The zero-order chi connectivity index (χ0) is 32.8. The zero-order valence-electron chi connectivity index (χ0n) is 23.8. The van der Waals surface area contributed by atoms with Crippen molar-refractivity contribution in [3.63, 3.8) is 0 Å². The zero-order valence-corrected chi connectivity index (χ0v) is 26.2. The van der Waals surface area contributed by atoms with Crippen molar-refractivity contribution >= 4 is 50.7 Å². The summed E-state index contributed by atoms with van der Waals surface area (Å²) in [4.78, 5) is 28.5. The summed E-state index contributed by atoms with van der Waals surface area (Å²) in [5, 5.41) is 2.59. The van der Waals surface area contributed by atoms with Crippen LogP contribution < -0.4 is 9.62 Å². The van der Waals surface area contributed by atoms with Crippen molar-refractivity contribution in [1.82, 2.24) is 10.2 Å². The molecule has 0 bridgehead atoms. The minimum atomic E-state index is -4.83. The lowest BCUT2D eigenvalue weighted by molar-refractivity contribution is -0.139. The number of nitrogens with one attached hydrogen (secondary N) is 1. The molecule has 1 atom stereocenters. The highest BCUT2D eigenvalue weighted by Crippen LogP contribution is 2.37. The molecule has 4 rings (SSSR count). The summed E-state index contributed by atoms with van der Waals surface area (Å²) < 4.78 is 69.7. The molecule has 0 aliphatic carbocycles. The molecule has 0 aliphatic heterocycles. The third kappa shape index (κ3) is 8.36. The van der Waals surface area contributed by atoms with Crippen LogP contribution in [0.25, 0.3) is 0 Å². The second-order valence-electron chi connectivity index (χ2n) is 9.96. The van der Waals surface area contributed by atoms with Crippen molar-refractivity contribution in [2.24, 2.45) is 0 Å². The minimum Gasteiger partial charge on any atom is -0.357 e. The minimum absolute atomic E-state index is 0.0581. The molecule has 0 heterocycles. The maximum Gasteiger partial charge on any atom is 0.416 e. The molecule has 2 amide bonds. The van der Waals surface area contributed by atoms with Crippen molar-refractivity contribution in [1.29, 1.82) is 0 Å². The van der Waals surface area contributed by atoms with Crippen molar-refractivity contribution in [2.45, 2.75) is 30.1 Å². The number of sulfonamides is 1. The molecule has 4 aromatic rings. The highest BCUT2D eigenvalue weighted by Gasteiger charge is 2.37. The Bertz CT molecular complexity index is 1760. The smallest absolute Gasteiger partial charge is 0.357 e. The number of nitrogens with zero attached hydrogens (tertiary/aromatic N) is 2. The third-order valence-corrected chi connectivity index (χ3v) is 9.24. The number of amides is 2. The first kappa shape index (κ1) is 33.8. The number of alkyl halides is 3. The molecule has 0 fully saturated rings. The van der Waals surface area contributed by atoms with Crippen LogP contribution in [0.1, 0.15) is 16.7 Å². The molecule has 0 saturated carbocycles. The topological polar surface area (TPSA) is 86.8 Å². The fourth-order valence-electron chi connectivity index (χ4n) is 4.67. The van der Waals surface area contributed by atoms with Gasteiger partial charge in [0.1, 0.15) is 12.6 Å². The van der Waals surface area contributed by atoms with Crippen LogP contribution in [0.5, 0.6) is 0 Å². The molecule has 13 heteroatoms. The molecule has 236 valence electrons.